The number of nitrogens with two attached hydrogens (primary N) is 1. The highest BCUT2D eigenvalue weighted by molar-refractivity contribution is 5.89. The lowest BCUT2D eigenvalue weighted by atomic mass is 10.0. The van der Waals surface area contributed by atoms with E-state index < -0.39 is 17.8 Å². The third kappa shape index (κ3) is 3.77. The van der Waals surface area contributed by atoms with Gasteiger partial charge in [-0.15, -0.1) is 0 Å². The van der Waals surface area contributed by atoms with Crippen LogP contribution in [0.2, 0.25) is 0 Å². The van der Waals surface area contributed by atoms with E-state index in [1.54, 1.807) is 13.0 Å². The number of fused-ring (bicyclic) bond motifs is 1. The molecule has 0 spiro atoms. The molecule has 1 atom stereocenters. The molecular weight excluding hydrogens is 341 g/mol. The van der Waals surface area contributed by atoms with Crippen molar-refractivity contribution in [3.8, 4) is 0 Å². The summed E-state index contributed by atoms with van der Waals surface area (Å²) in [6, 6.07) is 12.3. The van der Waals surface area contributed by atoms with Gasteiger partial charge in [0.25, 0.3) is 0 Å². The van der Waals surface area contributed by atoms with Crippen molar-refractivity contribution in [2.24, 2.45) is 5.73 Å². The number of nitrogens with zero attached hydrogens (tertiary/aromatic N) is 2. The zero-order valence-corrected chi connectivity index (χ0v) is 14.2. The van der Waals surface area contributed by atoms with E-state index in [0.717, 1.165) is 17.0 Å². The van der Waals surface area contributed by atoms with E-state index in [4.69, 9.17) is 5.73 Å². The fraction of sp³-hybridized carbons (Fsp3) is 0.263. The van der Waals surface area contributed by atoms with Gasteiger partial charge in [-0.05, 0) is 37.2 Å². The van der Waals surface area contributed by atoms with Crippen molar-refractivity contribution in [2.45, 2.75) is 25.6 Å². The normalized spacial score (nSPS) is 13.0. The number of anilines is 1. The maximum atomic E-state index is 13.3. The first-order chi connectivity index (χ1) is 12.4. The van der Waals surface area contributed by atoms with Gasteiger partial charge < -0.3 is 11.1 Å². The fourth-order valence-corrected chi connectivity index (χ4v) is 2.89. The highest BCUT2D eigenvalue weighted by Gasteiger charge is 2.34. The Morgan fingerprint density at radius 3 is 2.46 bits per heavy atom. The lowest BCUT2D eigenvalue weighted by Gasteiger charge is -2.21. The molecule has 26 heavy (non-hydrogen) atoms. The molecule has 1 aromatic heterocycles. The molecule has 0 saturated carbocycles. The van der Waals surface area contributed by atoms with Crippen LogP contribution in [0.3, 0.4) is 0 Å². The number of aromatic nitrogens is 2. The van der Waals surface area contributed by atoms with Crippen LogP contribution >= 0.6 is 0 Å². The van der Waals surface area contributed by atoms with Crippen molar-refractivity contribution < 1.29 is 13.2 Å². The van der Waals surface area contributed by atoms with Crippen molar-refractivity contribution in [2.75, 3.05) is 11.9 Å². The average Bonchev–Trinajstić information content (AvgIpc) is 2.61. The first-order valence-electron chi connectivity index (χ1n) is 8.28. The van der Waals surface area contributed by atoms with Crippen LogP contribution in [0.15, 0.2) is 48.5 Å². The summed E-state index contributed by atoms with van der Waals surface area (Å²) in [5, 5.41) is 3.87. The standard InChI is InChI=1S/C19H19F3N4/c1-12(13-6-2-4-8-15(13)19(20,21)22)24-18-14-7-3-5-9-16(14)25-17(26-18)10-11-23/h2-9,12H,10-11,23H2,1H3,(H,24,25,26). The topological polar surface area (TPSA) is 63.8 Å². The van der Waals surface area contributed by atoms with Crippen LogP contribution in [0.25, 0.3) is 10.9 Å². The zero-order chi connectivity index (χ0) is 18.7. The molecule has 0 saturated heterocycles. The average molecular weight is 360 g/mol. The van der Waals surface area contributed by atoms with Crippen LogP contribution in [-0.4, -0.2) is 16.5 Å². The van der Waals surface area contributed by atoms with Gasteiger partial charge in [-0.1, -0.05) is 30.3 Å². The Labute approximate surface area is 149 Å². The molecule has 1 heterocycles. The van der Waals surface area contributed by atoms with E-state index in [9.17, 15) is 13.2 Å². The van der Waals surface area contributed by atoms with Gasteiger partial charge in [0.15, 0.2) is 0 Å². The molecule has 0 bridgehead atoms. The summed E-state index contributed by atoms with van der Waals surface area (Å²) in [7, 11) is 0. The number of halogens is 3. The van der Waals surface area contributed by atoms with E-state index in [1.165, 1.54) is 12.1 Å². The minimum absolute atomic E-state index is 0.170. The van der Waals surface area contributed by atoms with Gasteiger partial charge in [0.1, 0.15) is 11.6 Å². The van der Waals surface area contributed by atoms with Crippen molar-refractivity contribution >= 4 is 16.7 Å². The van der Waals surface area contributed by atoms with Gasteiger partial charge in [0.2, 0.25) is 0 Å². The maximum absolute atomic E-state index is 13.3. The lowest BCUT2D eigenvalue weighted by molar-refractivity contribution is -0.138. The Morgan fingerprint density at radius 2 is 1.73 bits per heavy atom. The molecule has 0 fully saturated rings. The van der Waals surface area contributed by atoms with Crippen LogP contribution in [0, 0.1) is 0 Å². The summed E-state index contributed by atoms with van der Waals surface area (Å²) in [5.74, 6) is 1.06. The predicted molar refractivity (Wildman–Crippen MR) is 95.8 cm³/mol. The summed E-state index contributed by atoms with van der Waals surface area (Å²) >= 11 is 0. The van der Waals surface area contributed by atoms with Crippen LogP contribution in [0.4, 0.5) is 19.0 Å². The molecule has 136 valence electrons. The van der Waals surface area contributed by atoms with E-state index in [0.29, 0.717) is 24.6 Å². The fourth-order valence-electron chi connectivity index (χ4n) is 2.89. The summed E-state index contributed by atoms with van der Waals surface area (Å²) in [4.78, 5) is 8.92. The van der Waals surface area contributed by atoms with E-state index >= 15 is 0 Å². The number of hydrogen-bond acceptors (Lipinski definition) is 4. The van der Waals surface area contributed by atoms with Crippen molar-refractivity contribution in [1.29, 1.82) is 0 Å². The first-order valence-corrected chi connectivity index (χ1v) is 8.28. The summed E-state index contributed by atoms with van der Waals surface area (Å²) < 4.78 is 39.9. The summed E-state index contributed by atoms with van der Waals surface area (Å²) in [6.45, 7) is 2.08. The molecule has 1 unspecified atom stereocenters. The monoisotopic (exact) mass is 360 g/mol. The molecule has 2 aromatic carbocycles. The van der Waals surface area contributed by atoms with Gasteiger partial charge >= 0.3 is 6.18 Å². The van der Waals surface area contributed by atoms with Crippen LogP contribution in [-0.2, 0) is 12.6 Å². The third-order valence-electron chi connectivity index (χ3n) is 4.10. The highest BCUT2D eigenvalue weighted by Crippen LogP contribution is 2.35. The Morgan fingerprint density at radius 1 is 1.04 bits per heavy atom. The second-order valence-electron chi connectivity index (χ2n) is 6.00. The number of nitrogens with one attached hydrogen (secondary N) is 1. The third-order valence-corrected chi connectivity index (χ3v) is 4.10. The van der Waals surface area contributed by atoms with Crippen LogP contribution < -0.4 is 11.1 Å². The number of hydrogen-bond donors (Lipinski definition) is 2. The zero-order valence-electron chi connectivity index (χ0n) is 14.2. The van der Waals surface area contributed by atoms with Gasteiger partial charge in [0.05, 0.1) is 17.1 Å². The minimum Gasteiger partial charge on any atom is -0.363 e. The molecule has 3 rings (SSSR count). The smallest absolute Gasteiger partial charge is 0.363 e. The Bertz CT molecular complexity index is 909. The minimum atomic E-state index is -4.41. The molecule has 0 aliphatic heterocycles. The van der Waals surface area contributed by atoms with Gasteiger partial charge in [-0.2, -0.15) is 13.2 Å². The second kappa shape index (κ2) is 7.29. The summed E-state index contributed by atoms with van der Waals surface area (Å²) in [6.07, 6.45) is -3.92. The Balaban J connectivity index is 2.01. The first kappa shape index (κ1) is 18.1. The van der Waals surface area contributed by atoms with E-state index in [2.05, 4.69) is 15.3 Å². The summed E-state index contributed by atoms with van der Waals surface area (Å²) in [5.41, 5.74) is 5.83. The SMILES string of the molecule is CC(Nc1nc(CCN)nc2ccccc12)c1ccccc1C(F)(F)F. The van der Waals surface area contributed by atoms with E-state index in [1.807, 2.05) is 24.3 Å². The van der Waals surface area contributed by atoms with E-state index in [-0.39, 0.29) is 5.56 Å². The second-order valence-corrected chi connectivity index (χ2v) is 6.00. The van der Waals surface area contributed by atoms with Gasteiger partial charge in [-0.3, -0.25) is 0 Å². The van der Waals surface area contributed by atoms with Crippen LogP contribution in [0.1, 0.15) is 29.9 Å². The number of alkyl halides is 3. The lowest BCUT2D eigenvalue weighted by Crippen LogP contribution is -2.16. The largest absolute Gasteiger partial charge is 0.416 e. The molecule has 0 radical (unpaired) electrons. The molecule has 0 amide bonds. The van der Waals surface area contributed by atoms with Crippen molar-refractivity contribution in [1.82, 2.24) is 9.97 Å². The quantitative estimate of drug-likeness (QED) is 0.711. The van der Waals surface area contributed by atoms with Crippen LogP contribution in [0.5, 0.6) is 0 Å². The molecule has 3 N–H and O–H groups in total. The number of rotatable bonds is 5. The van der Waals surface area contributed by atoms with Crippen molar-refractivity contribution in [3.63, 3.8) is 0 Å². The molecular formula is C19H19F3N4. The molecule has 4 nitrogen and oxygen atoms in total. The number of benzene rings is 2. The maximum Gasteiger partial charge on any atom is 0.416 e. The van der Waals surface area contributed by atoms with Gasteiger partial charge in [-0.25, -0.2) is 9.97 Å². The molecule has 7 heteroatoms. The Kier molecular flexibility index (Phi) is 5.08. The van der Waals surface area contributed by atoms with Gasteiger partial charge in [0, 0.05) is 11.8 Å². The number of para-hydroxylation sites is 1. The highest BCUT2D eigenvalue weighted by atomic mass is 19.4. The molecule has 0 aliphatic carbocycles. The van der Waals surface area contributed by atoms with Crippen molar-refractivity contribution in [3.05, 3.63) is 65.5 Å². The Hall–Kier alpha value is -2.67. The predicted octanol–water partition coefficient (Wildman–Crippen LogP) is 4.32. The molecule has 0 aliphatic rings. The molecule has 3 aromatic rings.